The van der Waals surface area contributed by atoms with Crippen LogP contribution in [0.25, 0.3) is 5.57 Å². The smallest absolute Gasteiger partial charge is 0.282 e. The minimum atomic E-state index is -0.398. The number of carbonyl (C=O) groups excluding carboxylic acids is 2. The Kier molecular flexibility index (Phi) is 6.01. The van der Waals surface area contributed by atoms with Gasteiger partial charge in [-0.1, -0.05) is 48.0 Å². The maximum absolute atomic E-state index is 13.8. The molecular weight excluding hydrogens is 424 g/mol. The standard InChI is InChI=1S/C26H23ClN2O3/c1-4-28(20-8-6-5-7-9-20)24-23(18-11-13-19(27)14-12-18)25(30)29(26(24)31)21-16-17(2)10-15-22(21)32-3/h5-16H,4H2,1-3H3. The lowest BCUT2D eigenvalue weighted by atomic mass is 10.0. The van der Waals surface area contributed by atoms with Gasteiger partial charge in [-0.2, -0.15) is 0 Å². The molecule has 0 spiro atoms. The van der Waals surface area contributed by atoms with E-state index in [4.69, 9.17) is 16.3 Å². The molecule has 0 bridgehead atoms. The molecule has 0 radical (unpaired) electrons. The highest BCUT2D eigenvalue weighted by atomic mass is 35.5. The fraction of sp³-hybridized carbons (Fsp3) is 0.154. The minimum Gasteiger partial charge on any atom is -0.495 e. The number of imide groups is 1. The largest absolute Gasteiger partial charge is 0.495 e. The lowest BCUT2D eigenvalue weighted by Gasteiger charge is -2.25. The summed E-state index contributed by atoms with van der Waals surface area (Å²) in [5.41, 5.74) is 3.46. The van der Waals surface area contributed by atoms with Gasteiger partial charge in [-0.15, -0.1) is 0 Å². The Hall–Kier alpha value is -3.57. The number of amides is 2. The Morgan fingerprint density at radius 2 is 1.62 bits per heavy atom. The van der Waals surface area contributed by atoms with Crippen molar-refractivity contribution in [1.29, 1.82) is 0 Å². The van der Waals surface area contributed by atoms with Crippen molar-refractivity contribution in [2.45, 2.75) is 13.8 Å². The van der Waals surface area contributed by atoms with Crippen LogP contribution in [0, 0.1) is 6.92 Å². The quantitative estimate of drug-likeness (QED) is 0.471. The van der Waals surface area contributed by atoms with Crippen LogP contribution in [0.15, 0.2) is 78.5 Å². The van der Waals surface area contributed by atoms with Gasteiger partial charge in [0.05, 0.1) is 18.4 Å². The van der Waals surface area contributed by atoms with Crippen LogP contribution in [0.4, 0.5) is 11.4 Å². The van der Waals surface area contributed by atoms with Crippen LogP contribution in [-0.4, -0.2) is 25.5 Å². The number of rotatable bonds is 6. The highest BCUT2D eigenvalue weighted by Gasteiger charge is 2.43. The first-order chi connectivity index (χ1) is 15.5. The Labute approximate surface area is 192 Å². The fourth-order valence-electron chi connectivity index (χ4n) is 3.92. The average molecular weight is 447 g/mol. The van der Waals surface area contributed by atoms with Crippen LogP contribution in [-0.2, 0) is 9.59 Å². The Morgan fingerprint density at radius 3 is 2.25 bits per heavy atom. The number of ether oxygens (including phenoxy) is 1. The van der Waals surface area contributed by atoms with Gasteiger partial charge in [-0.25, -0.2) is 4.90 Å². The number of aryl methyl sites for hydroxylation is 1. The summed E-state index contributed by atoms with van der Waals surface area (Å²) >= 11 is 6.08. The number of likely N-dealkylation sites (N-methyl/N-ethyl adjacent to an activating group) is 1. The van der Waals surface area contributed by atoms with E-state index in [-0.39, 0.29) is 0 Å². The van der Waals surface area contributed by atoms with Gasteiger partial charge in [-0.3, -0.25) is 9.59 Å². The first-order valence-electron chi connectivity index (χ1n) is 10.3. The van der Waals surface area contributed by atoms with Gasteiger partial charge in [0.25, 0.3) is 11.8 Å². The van der Waals surface area contributed by atoms with E-state index in [2.05, 4.69) is 0 Å². The van der Waals surface area contributed by atoms with Gasteiger partial charge in [0, 0.05) is 17.3 Å². The maximum atomic E-state index is 13.8. The van der Waals surface area contributed by atoms with Gasteiger partial charge >= 0.3 is 0 Å². The molecule has 0 unspecified atom stereocenters. The molecule has 0 saturated heterocycles. The first kappa shape index (κ1) is 21.7. The number of carbonyl (C=O) groups is 2. The fourth-order valence-corrected chi connectivity index (χ4v) is 4.04. The molecule has 1 heterocycles. The molecular formula is C26H23ClN2O3. The number of benzene rings is 3. The summed E-state index contributed by atoms with van der Waals surface area (Å²) in [7, 11) is 1.52. The van der Waals surface area contributed by atoms with Crippen molar-refractivity contribution in [3.63, 3.8) is 0 Å². The van der Waals surface area contributed by atoms with E-state index in [1.807, 2.05) is 55.1 Å². The summed E-state index contributed by atoms with van der Waals surface area (Å²) in [5, 5.41) is 0.556. The van der Waals surface area contributed by atoms with E-state index in [0.29, 0.717) is 39.8 Å². The Balaban J connectivity index is 1.93. The molecule has 3 aromatic carbocycles. The van der Waals surface area contributed by atoms with Crippen molar-refractivity contribution >= 4 is 40.4 Å². The van der Waals surface area contributed by atoms with Crippen LogP contribution >= 0.6 is 11.6 Å². The summed E-state index contributed by atoms with van der Waals surface area (Å²) in [6.45, 7) is 4.37. The second-order valence-electron chi connectivity index (χ2n) is 7.43. The lowest BCUT2D eigenvalue weighted by Crippen LogP contribution is -2.35. The third-order valence-corrected chi connectivity index (χ3v) is 5.67. The topological polar surface area (TPSA) is 49.9 Å². The van der Waals surface area contributed by atoms with E-state index in [9.17, 15) is 9.59 Å². The second kappa shape index (κ2) is 8.89. The minimum absolute atomic E-state index is 0.328. The van der Waals surface area contributed by atoms with Crippen LogP contribution < -0.4 is 14.5 Å². The van der Waals surface area contributed by atoms with E-state index in [0.717, 1.165) is 11.3 Å². The number of para-hydroxylation sites is 1. The molecule has 5 nitrogen and oxygen atoms in total. The normalized spacial score (nSPS) is 13.7. The summed E-state index contributed by atoms with van der Waals surface area (Å²) in [6, 6.07) is 22.0. The first-order valence-corrected chi connectivity index (χ1v) is 10.7. The van der Waals surface area contributed by atoms with Gasteiger partial charge in [0.15, 0.2) is 0 Å². The van der Waals surface area contributed by atoms with Crippen molar-refractivity contribution in [2.75, 3.05) is 23.5 Å². The SMILES string of the molecule is CCN(C1=C(c2ccc(Cl)cc2)C(=O)N(c2cc(C)ccc2OC)C1=O)c1ccccc1. The molecule has 0 fully saturated rings. The van der Waals surface area contributed by atoms with Gasteiger partial charge < -0.3 is 9.64 Å². The number of anilines is 2. The van der Waals surface area contributed by atoms with Crippen LogP contribution in [0.2, 0.25) is 5.02 Å². The van der Waals surface area contributed by atoms with Crippen LogP contribution in [0.3, 0.4) is 0 Å². The zero-order valence-corrected chi connectivity index (χ0v) is 18.9. The van der Waals surface area contributed by atoms with Gasteiger partial charge in [0.1, 0.15) is 11.4 Å². The van der Waals surface area contributed by atoms with E-state index >= 15 is 0 Å². The molecule has 32 heavy (non-hydrogen) atoms. The molecule has 0 atom stereocenters. The summed E-state index contributed by atoms with van der Waals surface area (Å²) in [4.78, 5) is 30.7. The molecule has 3 aromatic rings. The molecule has 2 amide bonds. The third-order valence-electron chi connectivity index (χ3n) is 5.42. The molecule has 0 saturated carbocycles. The molecule has 0 aromatic heterocycles. The maximum Gasteiger partial charge on any atom is 0.282 e. The summed E-state index contributed by atoms with van der Waals surface area (Å²) < 4.78 is 5.48. The van der Waals surface area contributed by atoms with Crippen LogP contribution in [0.5, 0.6) is 5.75 Å². The van der Waals surface area contributed by atoms with Crippen molar-refractivity contribution in [3.05, 3.63) is 94.6 Å². The molecule has 162 valence electrons. The molecule has 0 aliphatic carbocycles. The summed E-state index contributed by atoms with van der Waals surface area (Å²) in [6.07, 6.45) is 0. The monoisotopic (exact) mass is 446 g/mol. The summed E-state index contributed by atoms with van der Waals surface area (Å²) in [5.74, 6) is -0.336. The van der Waals surface area contributed by atoms with E-state index in [1.54, 1.807) is 36.4 Å². The third kappa shape index (κ3) is 3.76. The highest BCUT2D eigenvalue weighted by molar-refractivity contribution is 6.46. The number of methoxy groups -OCH3 is 1. The van der Waals surface area contributed by atoms with Crippen molar-refractivity contribution in [2.24, 2.45) is 0 Å². The van der Waals surface area contributed by atoms with Crippen LogP contribution in [0.1, 0.15) is 18.1 Å². The Bertz CT molecular complexity index is 1200. The molecule has 0 N–H and O–H groups in total. The molecule has 4 rings (SSSR count). The molecule has 6 heteroatoms. The molecule has 1 aliphatic heterocycles. The van der Waals surface area contributed by atoms with Crippen molar-refractivity contribution in [1.82, 2.24) is 0 Å². The number of hydrogen-bond donors (Lipinski definition) is 0. The predicted octanol–water partition coefficient (Wildman–Crippen LogP) is 5.47. The number of halogens is 1. The number of hydrogen-bond acceptors (Lipinski definition) is 4. The Morgan fingerprint density at radius 1 is 0.938 bits per heavy atom. The van der Waals surface area contributed by atoms with Crippen molar-refractivity contribution < 1.29 is 14.3 Å². The zero-order chi connectivity index (χ0) is 22.8. The van der Waals surface area contributed by atoms with E-state index in [1.165, 1.54) is 12.0 Å². The highest BCUT2D eigenvalue weighted by Crippen LogP contribution is 2.40. The average Bonchev–Trinajstić information content (AvgIpc) is 3.05. The lowest BCUT2D eigenvalue weighted by molar-refractivity contribution is -0.120. The van der Waals surface area contributed by atoms with Gasteiger partial charge in [-0.05, 0) is 61.4 Å². The molecule has 1 aliphatic rings. The van der Waals surface area contributed by atoms with Crippen molar-refractivity contribution in [3.8, 4) is 5.75 Å². The van der Waals surface area contributed by atoms with E-state index < -0.39 is 11.8 Å². The second-order valence-corrected chi connectivity index (χ2v) is 7.87. The number of nitrogens with zero attached hydrogens (tertiary/aromatic N) is 2. The zero-order valence-electron chi connectivity index (χ0n) is 18.1. The van der Waals surface area contributed by atoms with Gasteiger partial charge in [0.2, 0.25) is 0 Å². The predicted molar refractivity (Wildman–Crippen MR) is 128 cm³/mol.